The number of nitrogens with zero attached hydrogens (tertiary/aromatic N) is 3. The second-order valence-electron chi connectivity index (χ2n) is 5.95. The Kier molecular flexibility index (Phi) is 4.53. The largest absolute Gasteiger partial charge is 0.433 e. The fraction of sp³-hybridized carbons (Fsp3) is 0.235. The molecule has 26 heavy (non-hydrogen) atoms. The Bertz CT molecular complexity index is 1040. The molecule has 3 rings (SSSR count). The van der Waals surface area contributed by atoms with Crippen molar-refractivity contribution in [1.82, 2.24) is 14.9 Å². The summed E-state index contributed by atoms with van der Waals surface area (Å²) in [6.45, 7) is 3.61. The van der Waals surface area contributed by atoms with E-state index in [0.717, 1.165) is 6.07 Å². The van der Waals surface area contributed by atoms with Gasteiger partial charge in [0.25, 0.3) is 11.5 Å². The predicted octanol–water partition coefficient (Wildman–Crippen LogP) is 2.48. The van der Waals surface area contributed by atoms with Crippen LogP contribution < -0.4 is 5.56 Å². The van der Waals surface area contributed by atoms with Crippen molar-refractivity contribution in [3.05, 3.63) is 68.5 Å². The van der Waals surface area contributed by atoms with Crippen LogP contribution in [0.4, 0.5) is 5.88 Å². The zero-order valence-corrected chi connectivity index (χ0v) is 14.1. The van der Waals surface area contributed by atoms with Crippen LogP contribution in [0.15, 0.2) is 45.6 Å². The number of rotatable bonds is 5. The number of hydrogen-bond donors (Lipinski definition) is 1. The highest BCUT2D eigenvalue weighted by Gasteiger charge is 2.25. The molecule has 0 fully saturated rings. The molecule has 2 aromatic heterocycles. The standard InChI is InChI=1S/C17H16N4O5/c1-10(2)20(17(23)13-7-8-15(26-13)21(24)25)9-14-18-12-6-4-3-5-11(12)16(22)19-14/h3-8,10H,9H2,1-2H3,(H,18,19,22). The Labute approximate surface area is 147 Å². The summed E-state index contributed by atoms with van der Waals surface area (Å²) in [4.78, 5) is 43.3. The minimum Gasteiger partial charge on any atom is -0.395 e. The van der Waals surface area contributed by atoms with E-state index < -0.39 is 16.7 Å². The van der Waals surface area contributed by atoms with Crippen LogP contribution in [0.25, 0.3) is 10.9 Å². The topological polar surface area (TPSA) is 122 Å². The predicted molar refractivity (Wildman–Crippen MR) is 92.7 cm³/mol. The summed E-state index contributed by atoms with van der Waals surface area (Å²) in [5.74, 6) is -0.858. The number of aromatic nitrogens is 2. The Morgan fingerprint density at radius 3 is 2.69 bits per heavy atom. The van der Waals surface area contributed by atoms with Crippen LogP contribution in [-0.2, 0) is 6.54 Å². The average Bonchev–Trinajstić information content (AvgIpc) is 3.09. The van der Waals surface area contributed by atoms with Crippen molar-refractivity contribution in [2.75, 3.05) is 0 Å². The van der Waals surface area contributed by atoms with E-state index in [1.54, 1.807) is 38.1 Å². The molecule has 0 atom stereocenters. The van der Waals surface area contributed by atoms with E-state index in [2.05, 4.69) is 9.97 Å². The van der Waals surface area contributed by atoms with Gasteiger partial charge in [-0.05, 0) is 32.0 Å². The summed E-state index contributed by atoms with van der Waals surface area (Å²) >= 11 is 0. The maximum Gasteiger partial charge on any atom is 0.433 e. The first-order valence-corrected chi connectivity index (χ1v) is 7.90. The highest BCUT2D eigenvalue weighted by Crippen LogP contribution is 2.19. The number of hydrogen-bond acceptors (Lipinski definition) is 6. The van der Waals surface area contributed by atoms with Crippen molar-refractivity contribution < 1.29 is 14.1 Å². The number of furan rings is 1. The van der Waals surface area contributed by atoms with Crippen molar-refractivity contribution in [2.24, 2.45) is 0 Å². The van der Waals surface area contributed by atoms with E-state index in [9.17, 15) is 19.7 Å². The van der Waals surface area contributed by atoms with Crippen molar-refractivity contribution in [2.45, 2.75) is 26.4 Å². The number of benzene rings is 1. The molecule has 1 aromatic carbocycles. The lowest BCUT2D eigenvalue weighted by Crippen LogP contribution is -2.37. The molecule has 9 heteroatoms. The second-order valence-corrected chi connectivity index (χ2v) is 5.95. The molecular weight excluding hydrogens is 340 g/mol. The third-order valence-corrected chi connectivity index (χ3v) is 3.85. The molecule has 0 saturated heterocycles. The van der Waals surface area contributed by atoms with Gasteiger partial charge in [-0.3, -0.25) is 19.7 Å². The summed E-state index contributed by atoms with van der Waals surface area (Å²) in [6.07, 6.45) is 0. The molecule has 0 aliphatic heterocycles. The Hall–Kier alpha value is -3.49. The van der Waals surface area contributed by atoms with E-state index >= 15 is 0 Å². The SMILES string of the molecule is CC(C)N(Cc1nc2ccccc2c(=O)[nH]1)C(=O)c1ccc([N+](=O)[O-])o1. The van der Waals surface area contributed by atoms with E-state index in [1.165, 1.54) is 11.0 Å². The van der Waals surface area contributed by atoms with Gasteiger partial charge in [0.2, 0.25) is 0 Å². The molecule has 0 spiro atoms. The van der Waals surface area contributed by atoms with Crippen molar-refractivity contribution >= 4 is 22.7 Å². The first-order chi connectivity index (χ1) is 12.4. The Morgan fingerprint density at radius 2 is 2.04 bits per heavy atom. The normalized spacial score (nSPS) is 11.0. The van der Waals surface area contributed by atoms with Crippen LogP contribution in [-0.4, -0.2) is 31.7 Å². The molecule has 0 radical (unpaired) electrons. The number of H-pyrrole nitrogens is 1. The van der Waals surface area contributed by atoms with Crippen molar-refractivity contribution in [1.29, 1.82) is 0 Å². The molecule has 3 aromatic rings. The maximum atomic E-state index is 12.7. The minimum absolute atomic E-state index is 0.0328. The van der Waals surface area contributed by atoms with Crippen LogP contribution in [0, 0.1) is 10.1 Å². The second kappa shape index (κ2) is 6.79. The molecular formula is C17H16N4O5. The smallest absolute Gasteiger partial charge is 0.395 e. The van der Waals surface area contributed by atoms with Crippen molar-refractivity contribution in [3.8, 4) is 0 Å². The van der Waals surface area contributed by atoms with Gasteiger partial charge in [0.05, 0.1) is 23.5 Å². The quantitative estimate of drug-likeness (QED) is 0.553. The zero-order chi connectivity index (χ0) is 18.8. The van der Waals surface area contributed by atoms with Gasteiger partial charge in [-0.2, -0.15) is 0 Å². The molecule has 0 aliphatic rings. The summed E-state index contributed by atoms with van der Waals surface area (Å²) in [5, 5.41) is 11.2. The third-order valence-electron chi connectivity index (χ3n) is 3.85. The van der Waals surface area contributed by atoms with Crippen LogP contribution in [0.3, 0.4) is 0 Å². The summed E-state index contributed by atoms with van der Waals surface area (Å²) in [7, 11) is 0. The van der Waals surface area contributed by atoms with E-state index in [4.69, 9.17) is 4.42 Å². The van der Waals surface area contributed by atoms with Gasteiger partial charge in [0.1, 0.15) is 10.7 Å². The summed E-state index contributed by atoms with van der Waals surface area (Å²) in [6, 6.07) is 9.03. The number of carbonyl (C=O) groups is 1. The van der Waals surface area contributed by atoms with Gasteiger partial charge in [-0.15, -0.1) is 0 Å². The number of amides is 1. The molecule has 0 aliphatic carbocycles. The Morgan fingerprint density at radius 1 is 1.31 bits per heavy atom. The first kappa shape index (κ1) is 17.3. The monoisotopic (exact) mass is 356 g/mol. The first-order valence-electron chi connectivity index (χ1n) is 7.90. The summed E-state index contributed by atoms with van der Waals surface area (Å²) in [5.41, 5.74) is 0.228. The number of nitrogens with one attached hydrogen (secondary N) is 1. The molecule has 134 valence electrons. The Balaban J connectivity index is 1.92. The van der Waals surface area contributed by atoms with Gasteiger partial charge in [-0.25, -0.2) is 4.98 Å². The third kappa shape index (κ3) is 3.32. The number of aromatic amines is 1. The van der Waals surface area contributed by atoms with Gasteiger partial charge in [0, 0.05) is 6.04 Å². The lowest BCUT2D eigenvalue weighted by molar-refractivity contribution is -0.402. The van der Waals surface area contributed by atoms with Gasteiger partial charge in [0.15, 0.2) is 5.76 Å². The molecule has 2 heterocycles. The molecule has 1 amide bonds. The lowest BCUT2D eigenvalue weighted by atomic mass is 10.2. The molecule has 0 bridgehead atoms. The van der Waals surface area contributed by atoms with E-state index in [1.807, 2.05) is 0 Å². The summed E-state index contributed by atoms with van der Waals surface area (Å²) < 4.78 is 4.99. The van der Waals surface area contributed by atoms with Gasteiger partial charge >= 0.3 is 5.88 Å². The molecule has 1 N–H and O–H groups in total. The lowest BCUT2D eigenvalue weighted by Gasteiger charge is -2.25. The molecule has 0 saturated carbocycles. The number of fused-ring (bicyclic) bond motifs is 1. The fourth-order valence-corrected chi connectivity index (χ4v) is 2.54. The molecule has 9 nitrogen and oxygen atoms in total. The number of nitro groups is 1. The average molecular weight is 356 g/mol. The number of para-hydroxylation sites is 1. The van der Waals surface area contributed by atoms with E-state index in [0.29, 0.717) is 16.7 Å². The van der Waals surface area contributed by atoms with Crippen LogP contribution in [0.5, 0.6) is 0 Å². The molecule has 0 unspecified atom stereocenters. The highest BCUT2D eigenvalue weighted by molar-refractivity contribution is 5.92. The van der Waals surface area contributed by atoms with Crippen LogP contribution in [0.2, 0.25) is 0 Å². The number of carbonyl (C=O) groups excluding carboxylic acids is 1. The van der Waals surface area contributed by atoms with Crippen LogP contribution >= 0.6 is 0 Å². The van der Waals surface area contributed by atoms with Gasteiger partial charge < -0.3 is 14.3 Å². The fourth-order valence-electron chi connectivity index (χ4n) is 2.54. The minimum atomic E-state index is -0.709. The van der Waals surface area contributed by atoms with E-state index in [-0.39, 0.29) is 23.9 Å². The highest BCUT2D eigenvalue weighted by atomic mass is 16.6. The van der Waals surface area contributed by atoms with Crippen LogP contribution in [0.1, 0.15) is 30.2 Å². The maximum absolute atomic E-state index is 12.7. The van der Waals surface area contributed by atoms with Crippen molar-refractivity contribution in [3.63, 3.8) is 0 Å². The zero-order valence-electron chi connectivity index (χ0n) is 14.1. The van der Waals surface area contributed by atoms with Gasteiger partial charge in [-0.1, -0.05) is 12.1 Å².